The van der Waals surface area contributed by atoms with E-state index < -0.39 is 0 Å². The zero-order valence-electron chi connectivity index (χ0n) is 8.75. The van der Waals surface area contributed by atoms with E-state index in [2.05, 4.69) is 9.97 Å². The fraction of sp³-hybridized carbons (Fsp3) is 0.600. The summed E-state index contributed by atoms with van der Waals surface area (Å²) < 4.78 is 0. The molecule has 0 spiro atoms. The van der Waals surface area contributed by atoms with Crippen molar-refractivity contribution in [3.05, 3.63) is 27.4 Å². The molecule has 0 saturated heterocycles. The molecule has 0 bridgehead atoms. The molecule has 2 heterocycles. The first-order valence-corrected chi connectivity index (χ1v) is 6.26. The van der Waals surface area contributed by atoms with Gasteiger partial charge in [0.1, 0.15) is 0 Å². The van der Waals surface area contributed by atoms with E-state index in [0.717, 1.165) is 29.3 Å². The highest BCUT2D eigenvalue weighted by atomic mass is 32.2. The Balaban J connectivity index is 2.43. The van der Waals surface area contributed by atoms with Crippen LogP contribution in [0.5, 0.6) is 0 Å². The molecule has 0 aliphatic carbocycles. The van der Waals surface area contributed by atoms with E-state index in [-0.39, 0.29) is 11.7 Å². The largest absolute Gasteiger partial charge is 0.345 e. The summed E-state index contributed by atoms with van der Waals surface area (Å²) in [7, 11) is 0. The van der Waals surface area contributed by atoms with Crippen molar-refractivity contribution in [1.82, 2.24) is 9.97 Å². The standard InChI is InChI=1S/C10H15N3OS/c1-6(11)4-9-7-5-15-3-2-8(7)12-10(14)13-9/h6H,2-5,11H2,1H3,(H,12,13,14). The Morgan fingerprint density at radius 2 is 2.47 bits per heavy atom. The van der Waals surface area contributed by atoms with Gasteiger partial charge < -0.3 is 10.7 Å². The number of nitrogens with two attached hydrogens (primary N) is 1. The Morgan fingerprint density at radius 3 is 3.20 bits per heavy atom. The SMILES string of the molecule is CC(N)Cc1nc(=O)[nH]c2c1CSCC2. The lowest BCUT2D eigenvalue weighted by molar-refractivity contribution is 0.704. The number of aryl methyl sites for hydroxylation is 1. The summed E-state index contributed by atoms with van der Waals surface area (Å²) in [4.78, 5) is 18.2. The van der Waals surface area contributed by atoms with Crippen molar-refractivity contribution in [1.29, 1.82) is 0 Å². The number of aromatic nitrogens is 2. The summed E-state index contributed by atoms with van der Waals surface area (Å²) in [6, 6.07) is 0.0512. The maximum Gasteiger partial charge on any atom is 0.345 e. The van der Waals surface area contributed by atoms with Gasteiger partial charge in [-0.3, -0.25) is 0 Å². The number of H-pyrrole nitrogens is 1. The molecule has 4 nitrogen and oxygen atoms in total. The molecule has 82 valence electrons. The number of fused-ring (bicyclic) bond motifs is 1. The number of nitrogens with zero attached hydrogens (tertiary/aromatic N) is 1. The van der Waals surface area contributed by atoms with Crippen LogP contribution in [0.2, 0.25) is 0 Å². The second kappa shape index (κ2) is 4.37. The van der Waals surface area contributed by atoms with Crippen LogP contribution in [0.3, 0.4) is 0 Å². The highest BCUT2D eigenvalue weighted by molar-refractivity contribution is 7.98. The molecule has 3 N–H and O–H groups in total. The van der Waals surface area contributed by atoms with Gasteiger partial charge in [-0.15, -0.1) is 0 Å². The van der Waals surface area contributed by atoms with E-state index in [0.29, 0.717) is 6.42 Å². The average Bonchev–Trinajstić information content (AvgIpc) is 2.16. The monoisotopic (exact) mass is 225 g/mol. The molecule has 0 fully saturated rings. The molecule has 0 radical (unpaired) electrons. The number of nitrogens with one attached hydrogen (secondary N) is 1. The minimum Gasteiger partial charge on any atom is -0.328 e. The van der Waals surface area contributed by atoms with Gasteiger partial charge in [-0.25, -0.2) is 4.79 Å². The third kappa shape index (κ3) is 2.41. The molecule has 2 rings (SSSR count). The molecule has 1 aromatic rings. The normalized spacial score (nSPS) is 17.2. The number of rotatable bonds is 2. The van der Waals surface area contributed by atoms with Crippen LogP contribution >= 0.6 is 11.8 Å². The molecular formula is C10H15N3OS. The molecule has 0 aromatic carbocycles. The Bertz CT molecular complexity index is 414. The van der Waals surface area contributed by atoms with Gasteiger partial charge in [0.2, 0.25) is 0 Å². The van der Waals surface area contributed by atoms with Crippen molar-refractivity contribution < 1.29 is 0 Å². The van der Waals surface area contributed by atoms with E-state index in [9.17, 15) is 4.79 Å². The smallest absolute Gasteiger partial charge is 0.328 e. The molecule has 15 heavy (non-hydrogen) atoms. The zero-order valence-corrected chi connectivity index (χ0v) is 9.56. The molecule has 1 atom stereocenters. The third-order valence-electron chi connectivity index (χ3n) is 2.47. The van der Waals surface area contributed by atoms with E-state index >= 15 is 0 Å². The summed E-state index contributed by atoms with van der Waals surface area (Å²) in [5.41, 5.74) is 8.65. The average molecular weight is 225 g/mol. The van der Waals surface area contributed by atoms with Crippen molar-refractivity contribution in [2.24, 2.45) is 5.73 Å². The van der Waals surface area contributed by atoms with Crippen LogP contribution < -0.4 is 11.4 Å². The minimum atomic E-state index is -0.240. The van der Waals surface area contributed by atoms with Crippen molar-refractivity contribution >= 4 is 11.8 Å². The summed E-state index contributed by atoms with van der Waals surface area (Å²) in [5.74, 6) is 2.02. The van der Waals surface area contributed by atoms with Crippen LogP contribution in [0, 0.1) is 0 Å². The van der Waals surface area contributed by atoms with E-state index in [1.807, 2.05) is 18.7 Å². The first-order valence-electron chi connectivity index (χ1n) is 5.11. The maximum absolute atomic E-state index is 11.3. The lowest BCUT2D eigenvalue weighted by Crippen LogP contribution is -2.26. The number of hydrogen-bond donors (Lipinski definition) is 2. The quantitative estimate of drug-likeness (QED) is 0.766. The summed E-state index contributed by atoms with van der Waals surface area (Å²) in [6.45, 7) is 1.94. The Hall–Kier alpha value is -0.810. The predicted octanol–water partition coefficient (Wildman–Crippen LogP) is 0.449. The van der Waals surface area contributed by atoms with Crippen LogP contribution in [0.25, 0.3) is 0 Å². The molecule has 1 aliphatic rings. The molecule has 1 unspecified atom stereocenters. The van der Waals surface area contributed by atoms with Crippen LogP contribution in [0.4, 0.5) is 0 Å². The van der Waals surface area contributed by atoms with E-state index in [1.54, 1.807) is 0 Å². The first kappa shape index (κ1) is 10.7. The second-order valence-electron chi connectivity index (χ2n) is 3.93. The number of thioether (sulfide) groups is 1. The zero-order chi connectivity index (χ0) is 10.8. The van der Waals surface area contributed by atoms with Gasteiger partial charge in [0.15, 0.2) is 0 Å². The van der Waals surface area contributed by atoms with Crippen molar-refractivity contribution in [2.45, 2.75) is 31.6 Å². The van der Waals surface area contributed by atoms with Crippen molar-refractivity contribution in [3.8, 4) is 0 Å². The fourth-order valence-corrected chi connectivity index (χ4v) is 2.84. The molecule has 5 heteroatoms. The van der Waals surface area contributed by atoms with Gasteiger partial charge in [0.05, 0.1) is 5.69 Å². The second-order valence-corrected chi connectivity index (χ2v) is 5.03. The summed E-state index contributed by atoms with van der Waals surface area (Å²) in [5, 5.41) is 0. The fourth-order valence-electron chi connectivity index (χ4n) is 1.80. The van der Waals surface area contributed by atoms with Crippen molar-refractivity contribution in [3.63, 3.8) is 0 Å². The van der Waals surface area contributed by atoms with Crippen molar-refractivity contribution in [2.75, 3.05) is 5.75 Å². The van der Waals surface area contributed by atoms with E-state index in [4.69, 9.17) is 5.73 Å². The van der Waals surface area contributed by atoms with Crippen LogP contribution in [-0.4, -0.2) is 21.8 Å². The molecule has 1 aliphatic heterocycles. The Morgan fingerprint density at radius 1 is 1.67 bits per heavy atom. The highest BCUT2D eigenvalue weighted by Gasteiger charge is 2.16. The third-order valence-corrected chi connectivity index (χ3v) is 3.45. The van der Waals surface area contributed by atoms with Gasteiger partial charge in [-0.2, -0.15) is 16.7 Å². The topological polar surface area (TPSA) is 71.8 Å². The first-order chi connectivity index (χ1) is 7.16. The van der Waals surface area contributed by atoms with Gasteiger partial charge in [-0.05, 0) is 19.1 Å². The Kier molecular flexibility index (Phi) is 3.11. The van der Waals surface area contributed by atoms with Crippen LogP contribution in [0.1, 0.15) is 23.9 Å². The predicted molar refractivity (Wildman–Crippen MR) is 62.1 cm³/mol. The van der Waals surface area contributed by atoms with Gasteiger partial charge in [0, 0.05) is 29.5 Å². The Labute approximate surface area is 92.7 Å². The minimum absolute atomic E-state index is 0.0512. The van der Waals surface area contributed by atoms with Gasteiger partial charge in [-0.1, -0.05) is 0 Å². The van der Waals surface area contributed by atoms with Gasteiger partial charge in [0.25, 0.3) is 0 Å². The van der Waals surface area contributed by atoms with Crippen LogP contribution in [-0.2, 0) is 18.6 Å². The van der Waals surface area contributed by atoms with Gasteiger partial charge >= 0.3 is 5.69 Å². The highest BCUT2D eigenvalue weighted by Crippen LogP contribution is 2.24. The summed E-state index contributed by atoms with van der Waals surface area (Å²) >= 11 is 1.88. The summed E-state index contributed by atoms with van der Waals surface area (Å²) in [6.07, 6.45) is 1.62. The molecule has 1 aromatic heterocycles. The number of aromatic amines is 1. The lowest BCUT2D eigenvalue weighted by atomic mass is 10.1. The lowest BCUT2D eigenvalue weighted by Gasteiger charge is -2.18. The molecule has 0 saturated carbocycles. The maximum atomic E-state index is 11.3. The number of hydrogen-bond acceptors (Lipinski definition) is 4. The van der Waals surface area contributed by atoms with Crippen LogP contribution in [0.15, 0.2) is 4.79 Å². The molecular weight excluding hydrogens is 210 g/mol. The van der Waals surface area contributed by atoms with E-state index in [1.165, 1.54) is 5.56 Å². The molecule has 0 amide bonds.